The molecule has 5 heteroatoms. The summed E-state index contributed by atoms with van der Waals surface area (Å²) in [5.41, 5.74) is 2.64. The Labute approximate surface area is 109 Å². The summed E-state index contributed by atoms with van der Waals surface area (Å²) in [6.07, 6.45) is 5.61. The number of nitrogens with one attached hydrogen (secondary N) is 1. The van der Waals surface area contributed by atoms with Gasteiger partial charge in [0.1, 0.15) is 17.5 Å². The first-order chi connectivity index (χ1) is 8.78. The summed E-state index contributed by atoms with van der Waals surface area (Å²) in [5, 5.41) is 0. The molecule has 0 amide bonds. The van der Waals surface area contributed by atoms with Crippen LogP contribution in [0.4, 0.5) is 11.6 Å². The molecule has 0 saturated carbocycles. The highest BCUT2D eigenvalue weighted by molar-refractivity contribution is 5.50. The van der Waals surface area contributed by atoms with Crippen LogP contribution in [0.3, 0.4) is 0 Å². The molecule has 1 fully saturated rings. The van der Waals surface area contributed by atoms with Crippen molar-refractivity contribution in [1.29, 1.82) is 0 Å². The largest absolute Gasteiger partial charge is 0.353 e. The Morgan fingerprint density at radius 1 is 1.44 bits per heavy atom. The normalized spacial score (nSPS) is 19.3. The maximum atomic E-state index is 5.49. The molecule has 0 spiro atoms. The van der Waals surface area contributed by atoms with Crippen molar-refractivity contribution in [3.63, 3.8) is 0 Å². The summed E-state index contributed by atoms with van der Waals surface area (Å²) in [6.45, 7) is 5.46. The third-order valence-electron chi connectivity index (χ3n) is 3.52. The number of aryl methyl sites for hydroxylation is 1. The van der Waals surface area contributed by atoms with E-state index in [4.69, 9.17) is 5.84 Å². The van der Waals surface area contributed by atoms with Crippen LogP contribution in [-0.2, 0) is 6.42 Å². The van der Waals surface area contributed by atoms with Crippen molar-refractivity contribution in [2.45, 2.75) is 52.0 Å². The van der Waals surface area contributed by atoms with Crippen LogP contribution < -0.4 is 16.2 Å². The van der Waals surface area contributed by atoms with Gasteiger partial charge < -0.3 is 10.3 Å². The van der Waals surface area contributed by atoms with Gasteiger partial charge in [0.05, 0.1) is 0 Å². The highest BCUT2D eigenvalue weighted by Gasteiger charge is 2.24. The SMILES string of the molecule is CCCc1nc(NN)cc(N2CCCC2CC)n1. The van der Waals surface area contributed by atoms with Crippen LogP contribution >= 0.6 is 0 Å². The first kappa shape index (κ1) is 13.1. The third-order valence-corrected chi connectivity index (χ3v) is 3.52. The smallest absolute Gasteiger partial charge is 0.145 e. The fourth-order valence-electron chi connectivity index (χ4n) is 2.60. The van der Waals surface area contributed by atoms with E-state index in [1.807, 2.05) is 6.07 Å². The predicted molar refractivity (Wildman–Crippen MR) is 74.5 cm³/mol. The molecule has 18 heavy (non-hydrogen) atoms. The summed E-state index contributed by atoms with van der Waals surface area (Å²) in [6, 6.07) is 2.56. The first-order valence-electron chi connectivity index (χ1n) is 6.89. The van der Waals surface area contributed by atoms with E-state index < -0.39 is 0 Å². The summed E-state index contributed by atoms with van der Waals surface area (Å²) in [5.74, 6) is 8.10. The van der Waals surface area contributed by atoms with E-state index in [0.29, 0.717) is 11.9 Å². The van der Waals surface area contributed by atoms with Crippen LogP contribution in [0.25, 0.3) is 0 Å². The number of aromatic nitrogens is 2. The van der Waals surface area contributed by atoms with Crippen LogP contribution in [0.15, 0.2) is 6.07 Å². The lowest BCUT2D eigenvalue weighted by Crippen LogP contribution is -2.30. The molecule has 1 unspecified atom stereocenters. The van der Waals surface area contributed by atoms with E-state index in [1.54, 1.807) is 0 Å². The van der Waals surface area contributed by atoms with Gasteiger partial charge in [-0.3, -0.25) is 0 Å². The molecule has 1 saturated heterocycles. The van der Waals surface area contributed by atoms with Gasteiger partial charge >= 0.3 is 0 Å². The van der Waals surface area contributed by atoms with E-state index >= 15 is 0 Å². The quantitative estimate of drug-likeness (QED) is 0.618. The van der Waals surface area contributed by atoms with Crippen molar-refractivity contribution >= 4 is 11.6 Å². The molecule has 2 rings (SSSR count). The molecule has 0 radical (unpaired) electrons. The number of hydrogen-bond donors (Lipinski definition) is 2. The van der Waals surface area contributed by atoms with Crippen LogP contribution in [0.5, 0.6) is 0 Å². The van der Waals surface area contributed by atoms with Gasteiger partial charge in [0.25, 0.3) is 0 Å². The second kappa shape index (κ2) is 6.00. The lowest BCUT2D eigenvalue weighted by molar-refractivity contribution is 0.638. The van der Waals surface area contributed by atoms with Crippen molar-refractivity contribution < 1.29 is 0 Å². The second-order valence-electron chi connectivity index (χ2n) is 4.82. The van der Waals surface area contributed by atoms with E-state index in [1.165, 1.54) is 19.3 Å². The van der Waals surface area contributed by atoms with Crippen LogP contribution in [0, 0.1) is 0 Å². The Balaban J connectivity index is 2.27. The summed E-state index contributed by atoms with van der Waals surface area (Å²) in [4.78, 5) is 11.5. The maximum absolute atomic E-state index is 5.49. The molecule has 1 atom stereocenters. The molecule has 100 valence electrons. The van der Waals surface area contributed by atoms with E-state index in [-0.39, 0.29) is 0 Å². The van der Waals surface area contributed by atoms with Gasteiger partial charge in [-0.25, -0.2) is 15.8 Å². The molecule has 1 aromatic heterocycles. The Morgan fingerprint density at radius 3 is 2.94 bits per heavy atom. The average Bonchev–Trinajstić information content (AvgIpc) is 2.87. The highest BCUT2D eigenvalue weighted by atomic mass is 15.3. The second-order valence-corrected chi connectivity index (χ2v) is 4.82. The molecule has 0 bridgehead atoms. The number of hydrazine groups is 1. The molecule has 0 aliphatic carbocycles. The third kappa shape index (κ3) is 2.72. The molecular formula is C13H23N5. The fraction of sp³-hybridized carbons (Fsp3) is 0.692. The number of rotatable bonds is 5. The van der Waals surface area contributed by atoms with Gasteiger partial charge in [-0.15, -0.1) is 0 Å². The monoisotopic (exact) mass is 249 g/mol. The molecular weight excluding hydrogens is 226 g/mol. The maximum Gasteiger partial charge on any atom is 0.145 e. The van der Waals surface area contributed by atoms with Gasteiger partial charge in [0.15, 0.2) is 0 Å². The van der Waals surface area contributed by atoms with Crippen molar-refractivity contribution in [2.75, 3.05) is 16.9 Å². The zero-order valence-electron chi connectivity index (χ0n) is 11.3. The zero-order chi connectivity index (χ0) is 13.0. The molecule has 1 aliphatic heterocycles. The number of nitrogens with two attached hydrogens (primary N) is 1. The predicted octanol–water partition coefficient (Wildman–Crippen LogP) is 2.09. The Morgan fingerprint density at radius 2 is 2.28 bits per heavy atom. The Bertz CT molecular complexity index is 393. The number of anilines is 2. The number of nitrogens with zero attached hydrogens (tertiary/aromatic N) is 3. The minimum absolute atomic E-state index is 0.611. The van der Waals surface area contributed by atoms with E-state index in [9.17, 15) is 0 Å². The lowest BCUT2D eigenvalue weighted by atomic mass is 10.2. The van der Waals surface area contributed by atoms with Crippen molar-refractivity contribution in [3.8, 4) is 0 Å². The topological polar surface area (TPSA) is 67.1 Å². The van der Waals surface area contributed by atoms with Crippen molar-refractivity contribution in [2.24, 2.45) is 5.84 Å². The van der Waals surface area contributed by atoms with Gasteiger partial charge in [-0.1, -0.05) is 13.8 Å². The number of nitrogen functional groups attached to an aromatic ring is 1. The summed E-state index contributed by atoms with van der Waals surface area (Å²) >= 11 is 0. The highest BCUT2D eigenvalue weighted by Crippen LogP contribution is 2.27. The summed E-state index contributed by atoms with van der Waals surface area (Å²) < 4.78 is 0. The van der Waals surface area contributed by atoms with Gasteiger partial charge in [-0.2, -0.15) is 0 Å². The van der Waals surface area contributed by atoms with Gasteiger partial charge in [0, 0.05) is 25.1 Å². The number of hydrogen-bond acceptors (Lipinski definition) is 5. The Hall–Kier alpha value is -1.36. The fourth-order valence-corrected chi connectivity index (χ4v) is 2.60. The molecule has 5 nitrogen and oxygen atoms in total. The molecule has 3 N–H and O–H groups in total. The van der Waals surface area contributed by atoms with E-state index in [0.717, 1.165) is 31.0 Å². The minimum atomic E-state index is 0.611. The van der Waals surface area contributed by atoms with Crippen LogP contribution in [-0.4, -0.2) is 22.6 Å². The standard InChI is InChI=1S/C13H23N5/c1-3-6-11-15-12(17-14)9-13(16-11)18-8-5-7-10(18)4-2/h9-10H,3-8,14H2,1-2H3,(H,15,16,17). The first-order valence-corrected chi connectivity index (χ1v) is 6.89. The Kier molecular flexibility index (Phi) is 4.36. The molecule has 0 aromatic carbocycles. The van der Waals surface area contributed by atoms with Gasteiger partial charge in [0.2, 0.25) is 0 Å². The average molecular weight is 249 g/mol. The molecule has 2 heterocycles. The van der Waals surface area contributed by atoms with Crippen LogP contribution in [0.1, 0.15) is 45.4 Å². The van der Waals surface area contributed by atoms with Crippen molar-refractivity contribution in [1.82, 2.24) is 9.97 Å². The minimum Gasteiger partial charge on any atom is -0.353 e. The van der Waals surface area contributed by atoms with E-state index in [2.05, 4.69) is 34.1 Å². The van der Waals surface area contributed by atoms with Crippen molar-refractivity contribution in [3.05, 3.63) is 11.9 Å². The molecule has 1 aromatic rings. The summed E-state index contributed by atoms with van der Waals surface area (Å²) in [7, 11) is 0. The zero-order valence-corrected chi connectivity index (χ0v) is 11.3. The van der Waals surface area contributed by atoms with Gasteiger partial charge in [-0.05, 0) is 25.7 Å². The lowest BCUT2D eigenvalue weighted by Gasteiger charge is -2.25. The molecule has 1 aliphatic rings. The van der Waals surface area contributed by atoms with Crippen LogP contribution in [0.2, 0.25) is 0 Å².